The summed E-state index contributed by atoms with van der Waals surface area (Å²) in [7, 11) is 0. The van der Waals surface area contributed by atoms with Crippen LogP contribution in [-0.4, -0.2) is 19.0 Å². The van der Waals surface area contributed by atoms with E-state index in [1.807, 2.05) is 12.1 Å². The molecule has 0 atom stereocenters. The van der Waals surface area contributed by atoms with Gasteiger partial charge in [0.25, 0.3) is 5.91 Å². The number of hydrogen-bond donors (Lipinski definition) is 1. The van der Waals surface area contributed by atoms with E-state index in [1.54, 1.807) is 12.1 Å². The Hall–Kier alpha value is -2.43. The number of amides is 1. The Morgan fingerprint density at radius 3 is 2.17 bits per heavy atom. The summed E-state index contributed by atoms with van der Waals surface area (Å²) in [5.74, 6) is -2.49. The van der Waals surface area contributed by atoms with Gasteiger partial charge in [0.15, 0.2) is 0 Å². The SMILES string of the molecule is O=C(Nc1ccccc1N1CCCCCC1)c1c(F)cccc1F. The number of para-hydroxylation sites is 2. The van der Waals surface area contributed by atoms with Crippen LogP contribution in [0.1, 0.15) is 36.0 Å². The number of nitrogens with one attached hydrogen (secondary N) is 1. The third kappa shape index (κ3) is 3.55. The zero-order chi connectivity index (χ0) is 16.9. The van der Waals surface area contributed by atoms with E-state index in [-0.39, 0.29) is 0 Å². The van der Waals surface area contributed by atoms with Crippen molar-refractivity contribution in [3.05, 3.63) is 59.7 Å². The van der Waals surface area contributed by atoms with Crippen molar-refractivity contribution >= 4 is 17.3 Å². The second-order valence-corrected chi connectivity index (χ2v) is 5.97. The Kier molecular flexibility index (Phi) is 5.08. The van der Waals surface area contributed by atoms with Crippen LogP contribution in [0.5, 0.6) is 0 Å². The molecule has 0 aromatic heterocycles. The molecule has 1 aliphatic heterocycles. The van der Waals surface area contributed by atoms with Gasteiger partial charge in [0.05, 0.1) is 11.4 Å². The molecule has 24 heavy (non-hydrogen) atoms. The van der Waals surface area contributed by atoms with Crippen molar-refractivity contribution < 1.29 is 13.6 Å². The van der Waals surface area contributed by atoms with Gasteiger partial charge in [-0.2, -0.15) is 0 Å². The summed E-state index contributed by atoms with van der Waals surface area (Å²) in [5.41, 5.74) is 0.916. The quantitative estimate of drug-likeness (QED) is 0.892. The summed E-state index contributed by atoms with van der Waals surface area (Å²) < 4.78 is 27.6. The van der Waals surface area contributed by atoms with Crippen molar-refractivity contribution in [3.8, 4) is 0 Å². The molecule has 1 aliphatic rings. The van der Waals surface area contributed by atoms with E-state index >= 15 is 0 Å². The zero-order valence-electron chi connectivity index (χ0n) is 13.4. The molecule has 1 saturated heterocycles. The summed E-state index contributed by atoms with van der Waals surface area (Å²) >= 11 is 0. The molecule has 3 nitrogen and oxygen atoms in total. The molecule has 2 aromatic rings. The zero-order valence-corrected chi connectivity index (χ0v) is 13.4. The first-order valence-electron chi connectivity index (χ1n) is 8.26. The number of nitrogens with zero attached hydrogens (tertiary/aromatic N) is 1. The Balaban J connectivity index is 1.86. The van der Waals surface area contributed by atoms with Crippen molar-refractivity contribution in [1.29, 1.82) is 0 Å². The van der Waals surface area contributed by atoms with Gasteiger partial charge >= 0.3 is 0 Å². The van der Waals surface area contributed by atoms with Crippen LogP contribution in [0.3, 0.4) is 0 Å². The first-order chi connectivity index (χ1) is 11.7. The molecule has 0 unspecified atom stereocenters. The molecule has 1 amide bonds. The Bertz CT molecular complexity index is 705. The van der Waals surface area contributed by atoms with Gasteiger partial charge in [-0.25, -0.2) is 8.78 Å². The lowest BCUT2D eigenvalue weighted by atomic mass is 10.1. The number of hydrogen-bond acceptors (Lipinski definition) is 2. The van der Waals surface area contributed by atoms with Crippen LogP contribution in [0.15, 0.2) is 42.5 Å². The van der Waals surface area contributed by atoms with Crippen molar-refractivity contribution in [2.45, 2.75) is 25.7 Å². The van der Waals surface area contributed by atoms with E-state index in [0.29, 0.717) is 5.69 Å². The molecule has 1 N–H and O–H groups in total. The largest absolute Gasteiger partial charge is 0.370 e. The van der Waals surface area contributed by atoms with Crippen LogP contribution in [0.4, 0.5) is 20.2 Å². The number of benzene rings is 2. The molecule has 2 aromatic carbocycles. The molecule has 0 spiro atoms. The lowest BCUT2D eigenvalue weighted by molar-refractivity contribution is 0.101. The standard InChI is InChI=1S/C19H20F2N2O/c20-14-8-7-9-15(21)18(14)19(24)22-16-10-3-4-11-17(16)23-12-5-1-2-6-13-23/h3-4,7-11H,1-2,5-6,12-13H2,(H,22,24). The number of anilines is 2. The maximum atomic E-state index is 13.8. The molecule has 0 bridgehead atoms. The Labute approximate surface area is 140 Å². The predicted molar refractivity (Wildman–Crippen MR) is 91.4 cm³/mol. The fourth-order valence-corrected chi connectivity index (χ4v) is 3.07. The lowest BCUT2D eigenvalue weighted by Gasteiger charge is -2.25. The van der Waals surface area contributed by atoms with Gasteiger partial charge in [0.1, 0.15) is 17.2 Å². The summed E-state index contributed by atoms with van der Waals surface area (Å²) in [5, 5.41) is 2.67. The van der Waals surface area contributed by atoms with Crippen LogP contribution >= 0.6 is 0 Å². The number of carbonyl (C=O) groups is 1. The molecule has 5 heteroatoms. The van der Waals surface area contributed by atoms with Crippen LogP contribution < -0.4 is 10.2 Å². The highest BCUT2D eigenvalue weighted by molar-refractivity contribution is 6.06. The highest BCUT2D eigenvalue weighted by atomic mass is 19.1. The number of halogens is 2. The number of carbonyl (C=O) groups excluding carboxylic acids is 1. The van der Waals surface area contributed by atoms with Gasteiger partial charge in [-0.05, 0) is 37.1 Å². The molecule has 0 saturated carbocycles. The fraction of sp³-hybridized carbons (Fsp3) is 0.316. The third-order valence-corrected chi connectivity index (χ3v) is 4.29. The summed E-state index contributed by atoms with van der Waals surface area (Å²) in [4.78, 5) is 14.6. The van der Waals surface area contributed by atoms with Crippen molar-refractivity contribution in [2.75, 3.05) is 23.3 Å². The topological polar surface area (TPSA) is 32.3 Å². The van der Waals surface area contributed by atoms with Gasteiger partial charge in [-0.3, -0.25) is 4.79 Å². The summed E-state index contributed by atoms with van der Waals surface area (Å²) in [6.07, 6.45) is 4.60. The first kappa shape index (κ1) is 16.4. The Morgan fingerprint density at radius 2 is 1.50 bits per heavy atom. The average molecular weight is 330 g/mol. The highest BCUT2D eigenvalue weighted by Crippen LogP contribution is 2.28. The minimum Gasteiger partial charge on any atom is -0.370 e. The smallest absolute Gasteiger partial charge is 0.261 e. The van der Waals surface area contributed by atoms with Gasteiger partial charge in [0.2, 0.25) is 0 Å². The van der Waals surface area contributed by atoms with Gasteiger partial charge in [-0.1, -0.05) is 31.0 Å². The van der Waals surface area contributed by atoms with E-state index in [9.17, 15) is 13.6 Å². The number of rotatable bonds is 3. The van der Waals surface area contributed by atoms with Crippen molar-refractivity contribution in [3.63, 3.8) is 0 Å². The molecule has 1 fully saturated rings. The highest BCUT2D eigenvalue weighted by Gasteiger charge is 2.19. The fourth-order valence-electron chi connectivity index (χ4n) is 3.07. The third-order valence-electron chi connectivity index (χ3n) is 4.29. The second kappa shape index (κ2) is 7.43. The monoisotopic (exact) mass is 330 g/mol. The normalized spacial score (nSPS) is 15.0. The van der Waals surface area contributed by atoms with Gasteiger partial charge in [-0.15, -0.1) is 0 Å². The van der Waals surface area contributed by atoms with E-state index in [2.05, 4.69) is 10.2 Å². The minimum atomic E-state index is -0.861. The summed E-state index contributed by atoms with van der Waals surface area (Å²) in [6, 6.07) is 10.8. The van der Waals surface area contributed by atoms with Crippen LogP contribution in [-0.2, 0) is 0 Å². The van der Waals surface area contributed by atoms with Crippen molar-refractivity contribution in [1.82, 2.24) is 0 Å². The van der Waals surface area contributed by atoms with Crippen LogP contribution in [0.2, 0.25) is 0 Å². The maximum absolute atomic E-state index is 13.8. The molecule has 1 heterocycles. The summed E-state index contributed by atoms with van der Waals surface area (Å²) in [6.45, 7) is 1.84. The van der Waals surface area contributed by atoms with Crippen LogP contribution in [0.25, 0.3) is 0 Å². The molecular weight excluding hydrogens is 310 g/mol. The molecule has 0 radical (unpaired) electrons. The van der Waals surface area contributed by atoms with E-state index < -0.39 is 23.1 Å². The van der Waals surface area contributed by atoms with Gasteiger partial charge in [0, 0.05) is 13.1 Å². The second-order valence-electron chi connectivity index (χ2n) is 5.97. The lowest BCUT2D eigenvalue weighted by Crippen LogP contribution is -2.26. The van der Waals surface area contributed by atoms with Crippen LogP contribution in [0, 0.1) is 11.6 Å². The minimum absolute atomic E-state index is 0.553. The maximum Gasteiger partial charge on any atom is 0.261 e. The van der Waals surface area contributed by atoms with Gasteiger partial charge < -0.3 is 10.2 Å². The van der Waals surface area contributed by atoms with E-state index in [0.717, 1.165) is 43.8 Å². The molecule has 3 rings (SSSR count). The predicted octanol–water partition coefficient (Wildman–Crippen LogP) is 4.60. The van der Waals surface area contributed by atoms with Crippen molar-refractivity contribution in [2.24, 2.45) is 0 Å². The molecule has 126 valence electrons. The Morgan fingerprint density at radius 1 is 0.875 bits per heavy atom. The molecule has 0 aliphatic carbocycles. The average Bonchev–Trinajstić information content (AvgIpc) is 2.84. The molecular formula is C19H20F2N2O. The van der Waals surface area contributed by atoms with E-state index in [4.69, 9.17) is 0 Å². The van der Waals surface area contributed by atoms with E-state index in [1.165, 1.54) is 18.9 Å². The first-order valence-corrected chi connectivity index (χ1v) is 8.26.